The molecule has 2 rings (SSSR count). The molecule has 0 spiro atoms. The lowest BCUT2D eigenvalue weighted by molar-refractivity contribution is 0.0526. The Balaban J connectivity index is 2.26. The van der Waals surface area contributed by atoms with Gasteiger partial charge < -0.3 is 4.74 Å². The molecule has 0 radical (unpaired) electrons. The molecule has 0 amide bonds. The minimum Gasteiger partial charge on any atom is -0.462 e. The maximum Gasteiger partial charge on any atom is 0.338 e. The van der Waals surface area contributed by atoms with E-state index in [4.69, 9.17) is 4.74 Å². The largest absolute Gasteiger partial charge is 0.462 e. The van der Waals surface area contributed by atoms with Gasteiger partial charge in [0, 0.05) is 5.56 Å². The smallest absolute Gasteiger partial charge is 0.338 e. The number of esters is 1. The standard InChI is InChI=1S/C10H10N2O2/c1-2-14-10(13)7-3-4-9-8(5-7)6-11-12-9/h3-5H,2,6H2,1H3. The van der Waals surface area contributed by atoms with Gasteiger partial charge in [-0.3, -0.25) is 0 Å². The molecule has 1 aromatic carbocycles. The predicted molar refractivity (Wildman–Crippen MR) is 50.6 cm³/mol. The van der Waals surface area contributed by atoms with Crippen molar-refractivity contribution in [1.29, 1.82) is 0 Å². The summed E-state index contributed by atoms with van der Waals surface area (Å²) in [4.78, 5) is 11.4. The first-order chi connectivity index (χ1) is 6.81. The third-order valence-corrected chi connectivity index (χ3v) is 2.01. The first kappa shape index (κ1) is 8.87. The average molecular weight is 190 g/mol. The Hall–Kier alpha value is -1.71. The molecule has 0 aromatic heterocycles. The molecule has 0 fully saturated rings. The molecular formula is C10H10N2O2. The number of hydrogen-bond acceptors (Lipinski definition) is 4. The van der Waals surface area contributed by atoms with Gasteiger partial charge in [-0.25, -0.2) is 4.79 Å². The van der Waals surface area contributed by atoms with Crippen molar-refractivity contribution in [1.82, 2.24) is 0 Å². The summed E-state index contributed by atoms with van der Waals surface area (Å²) in [6.07, 6.45) is 0. The molecule has 0 atom stereocenters. The van der Waals surface area contributed by atoms with Crippen molar-refractivity contribution in [2.75, 3.05) is 6.61 Å². The molecule has 1 heterocycles. The second kappa shape index (κ2) is 3.57. The summed E-state index contributed by atoms with van der Waals surface area (Å²) in [7, 11) is 0. The Morgan fingerprint density at radius 2 is 2.43 bits per heavy atom. The van der Waals surface area contributed by atoms with Crippen molar-refractivity contribution in [3.8, 4) is 0 Å². The first-order valence-corrected chi connectivity index (χ1v) is 4.49. The summed E-state index contributed by atoms with van der Waals surface area (Å²) in [5.41, 5.74) is 2.39. The predicted octanol–water partition coefficient (Wildman–Crippen LogP) is 2.46. The number of benzene rings is 1. The Labute approximate surface area is 81.6 Å². The third-order valence-electron chi connectivity index (χ3n) is 2.01. The van der Waals surface area contributed by atoms with Crippen molar-refractivity contribution in [3.63, 3.8) is 0 Å². The molecule has 4 nitrogen and oxygen atoms in total. The van der Waals surface area contributed by atoms with Crippen LogP contribution in [0, 0.1) is 0 Å². The van der Waals surface area contributed by atoms with Gasteiger partial charge in [0.1, 0.15) is 0 Å². The number of carbonyl (C=O) groups excluding carboxylic acids is 1. The van der Waals surface area contributed by atoms with Crippen LogP contribution in [-0.4, -0.2) is 12.6 Å². The van der Waals surface area contributed by atoms with Crippen LogP contribution in [0.1, 0.15) is 22.8 Å². The minimum absolute atomic E-state index is 0.290. The van der Waals surface area contributed by atoms with Crippen LogP contribution >= 0.6 is 0 Å². The van der Waals surface area contributed by atoms with Gasteiger partial charge in [-0.1, -0.05) is 0 Å². The van der Waals surface area contributed by atoms with Gasteiger partial charge in [0.05, 0.1) is 24.4 Å². The SMILES string of the molecule is CCOC(=O)c1ccc2c(c1)CN=N2. The number of hydrogen-bond donors (Lipinski definition) is 0. The highest BCUT2D eigenvalue weighted by Crippen LogP contribution is 2.27. The zero-order valence-electron chi connectivity index (χ0n) is 7.86. The van der Waals surface area contributed by atoms with E-state index in [0.29, 0.717) is 18.7 Å². The molecule has 0 saturated carbocycles. The number of rotatable bonds is 2. The monoisotopic (exact) mass is 190 g/mol. The molecule has 1 aromatic rings. The summed E-state index contributed by atoms with van der Waals surface area (Å²) in [6, 6.07) is 5.28. The van der Waals surface area contributed by atoms with E-state index in [1.807, 2.05) is 0 Å². The van der Waals surface area contributed by atoms with Crippen LogP contribution in [0.4, 0.5) is 5.69 Å². The molecule has 0 unspecified atom stereocenters. The van der Waals surface area contributed by atoms with Crippen molar-refractivity contribution >= 4 is 11.7 Å². The lowest BCUT2D eigenvalue weighted by Gasteiger charge is -2.02. The number of ether oxygens (including phenoxy) is 1. The molecule has 14 heavy (non-hydrogen) atoms. The van der Waals surface area contributed by atoms with Gasteiger partial charge in [-0.15, -0.1) is 0 Å². The van der Waals surface area contributed by atoms with E-state index in [0.717, 1.165) is 11.3 Å². The molecule has 0 N–H and O–H groups in total. The van der Waals surface area contributed by atoms with E-state index in [-0.39, 0.29) is 5.97 Å². The van der Waals surface area contributed by atoms with E-state index < -0.39 is 0 Å². The van der Waals surface area contributed by atoms with E-state index in [1.165, 1.54) is 0 Å². The van der Waals surface area contributed by atoms with Crippen LogP contribution in [0.5, 0.6) is 0 Å². The lowest BCUT2D eigenvalue weighted by atomic mass is 10.1. The fourth-order valence-corrected chi connectivity index (χ4v) is 1.34. The fraction of sp³-hybridized carbons (Fsp3) is 0.300. The number of azo groups is 1. The highest BCUT2D eigenvalue weighted by molar-refractivity contribution is 5.90. The molecular weight excluding hydrogens is 180 g/mol. The van der Waals surface area contributed by atoms with Crippen molar-refractivity contribution in [2.45, 2.75) is 13.5 Å². The van der Waals surface area contributed by atoms with E-state index in [9.17, 15) is 4.79 Å². The average Bonchev–Trinajstić information content (AvgIpc) is 2.64. The van der Waals surface area contributed by atoms with Crippen LogP contribution < -0.4 is 0 Å². The second-order valence-corrected chi connectivity index (χ2v) is 2.96. The Morgan fingerprint density at radius 3 is 3.21 bits per heavy atom. The van der Waals surface area contributed by atoms with Gasteiger partial charge in [0.25, 0.3) is 0 Å². The molecule has 1 aliphatic heterocycles. The zero-order valence-corrected chi connectivity index (χ0v) is 7.86. The zero-order chi connectivity index (χ0) is 9.97. The molecule has 72 valence electrons. The quantitative estimate of drug-likeness (QED) is 0.672. The van der Waals surface area contributed by atoms with Crippen LogP contribution in [0.25, 0.3) is 0 Å². The van der Waals surface area contributed by atoms with Crippen LogP contribution in [0.3, 0.4) is 0 Å². The number of fused-ring (bicyclic) bond motifs is 1. The number of carbonyl (C=O) groups is 1. The molecule has 0 aliphatic carbocycles. The maximum atomic E-state index is 11.4. The van der Waals surface area contributed by atoms with E-state index in [2.05, 4.69) is 10.2 Å². The first-order valence-electron chi connectivity index (χ1n) is 4.49. The molecule has 4 heteroatoms. The normalized spacial score (nSPS) is 12.6. The van der Waals surface area contributed by atoms with Gasteiger partial charge >= 0.3 is 5.97 Å². The third kappa shape index (κ3) is 1.51. The van der Waals surface area contributed by atoms with Gasteiger partial charge in [0.15, 0.2) is 0 Å². The topological polar surface area (TPSA) is 51.0 Å². The van der Waals surface area contributed by atoms with Crippen LogP contribution in [-0.2, 0) is 11.3 Å². The molecule has 1 aliphatic rings. The van der Waals surface area contributed by atoms with Crippen LogP contribution in [0.15, 0.2) is 28.4 Å². The Kier molecular flexibility index (Phi) is 2.26. The van der Waals surface area contributed by atoms with Crippen molar-refractivity contribution in [3.05, 3.63) is 29.3 Å². The summed E-state index contributed by atoms with van der Waals surface area (Å²) >= 11 is 0. The lowest BCUT2D eigenvalue weighted by Crippen LogP contribution is -2.04. The van der Waals surface area contributed by atoms with Gasteiger partial charge in [-0.05, 0) is 25.1 Å². The van der Waals surface area contributed by atoms with Crippen molar-refractivity contribution in [2.24, 2.45) is 10.2 Å². The Bertz CT molecular complexity index is 399. The van der Waals surface area contributed by atoms with E-state index >= 15 is 0 Å². The Morgan fingerprint density at radius 1 is 1.57 bits per heavy atom. The summed E-state index contributed by atoms with van der Waals surface area (Å²) < 4.78 is 4.89. The minimum atomic E-state index is -0.290. The maximum absolute atomic E-state index is 11.4. The highest BCUT2D eigenvalue weighted by Gasteiger charge is 2.12. The molecule has 0 bridgehead atoms. The fourth-order valence-electron chi connectivity index (χ4n) is 1.34. The highest BCUT2D eigenvalue weighted by atomic mass is 16.5. The second-order valence-electron chi connectivity index (χ2n) is 2.96. The number of nitrogens with zero attached hydrogens (tertiary/aromatic N) is 2. The van der Waals surface area contributed by atoms with E-state index in [1.54, 1.807) is 25.1 Å². The van der Waals surface area contributed by atoms with Crippen LogP contribution in [0.2, 0.25) is 0 Å². The summed E-state index contributed by atoms with van der Waals surface area (Å²) in [6.45, 7) is 2.74. The van der Waals surface area contributed by atoms with Crippen molar-refractivity contribution < 1.29 is 9.53 Å². The van der Waals surface area contributed by atoms with Gasteiger partial charge in [0.2, 0.25) is 0 Å². The molecule has 0 saturated heterocycles. The van der Waals surface area contributed by atoms with Gasteiger partial charge in [-0.2, -0.15) is 10.2 Å². The summed E-state index contributed by atoms with van der Waals surface area (Å²) in [5, 5.41) is 7.79. The summed E-state index contributed by atoms with van der Waals surface area (Å²) in [5.74, 6) is -0.290.